The quantitative estimate of drug-likeness (QED) is 0.474. The first kappa shape index (κ1) is 21.2. The number of rotatable bonds is 7. The van der Waals surface area contributed by atoms with E-state index in [1.54, 1.807) is 12.1 Å². The molecule has 168 valence electrons. The Morgan fingerprint density at radius 3 is 2.91 bits per heavy atom. The molecular formula is C21H20ClN9O2. The number of morpholine rings is 1. The van der Waals surface area contributed by atoms with Gasteiger partial charge in [-0.2, -0.15) is 20.0 Å². The van der Waals surface area contributed by atoms with Crippen molar-refractivity contribution < 1.29 is 9.47 Å². The molecule has 1 aliphatic heterocycles. The SMILES string of the molecule is N#Cc1cc(Nc2nc(NC3CC3)c3ncc(C#N)n3n2)c(Cl)c(OCC2CNCCO2)c1. The van der Waals surface area contributed by atoms with Crippen LogP contribution in [0.5, 0.6) is 5.75 Å². The van der Waals surface area contributed by atoms with Crippen LogP contribution in [0.1, 0.15) is 24.1 Å². The van der Waals surface area contributed by atoms with Crippen molar-refractivity contribution >= 4 is 34.7 Å². The third kappa shape index (κ3) is 4.61. The molecule has 2 aliphatic rings. The molecule has 1 aliphatic carbocycles. The lowest BCUT2D eigenvalue weighted by Crippen LogP contribution is -2.41. The first-order chi connectivity index (χ1) is 16.1. The highest BCUT2D eigenvalue weighted by Gasteiger charge is 2.24. The van der Waals surface area contributed by atoms with Gasteiger partial charge in [0, 0.05) is 19.1 Å². The molecule has 12 heteroatoms. The Hall–Kier alpha value is -3.64. The van der Waals surface area contributed by atoms with Crippen LogP contribution in [0.4, 0.5) is 17.5 Å². The van der Waals surface area contributed by atoms with Gasteiger partial charge >= 0.3 is 0 Å². The molecule has 11 nitrogen and oxygen atoms in total. The smallest absolute Gasteiger partial charge is 0.247 e. The van der Waals surface area contributed by atoms with Crippen LogP contribution < -0.4 is 20.7 Å². The maximum absolute atomic E-state index is 9.49. The molecule has 1 aromatic carbocycles. The van der Waals surface area contributed by atoms with Crippen molar-refractivity contribution in [2.24, 2.45) is 0 Å². The third-order valence-corrected chi connectivity index (χ3v) is 5.63. The molecule has 1 saturated heterocycles. The highest BCUT2D eigenvalue weighted by molar-refractivity contribution is 6.34. The topological polar surface area (TPSA) is 145 Å². The molecule has 33 heavy (non-hydrogen) atoms. The van der Waals surface area contributed by atoms with Crippen molar-refractivity contribution in [1.82, 2.24) is 24.9 Å². The van der Waals surface area contributed by atoms with E-state index in [1.165, 1.54) is 10.7 Å². The van der Waals surface area contributed by atoms with Crippen LogP contribution in [0.15, 0.2) is 18.3 Å². The van der Waals surface area contributed by atoms with E-state index in [1.807, 2.05) is 0 Å². The lowest BCUT2D eigenvalue weighted by molar-refractivity contribution is 0.000224. The first-order valence-corrected chi connectivity index (χ1v) is 10.9. The van der Waals surface area contributed by atoms with Gasteiger partial charge in [0.2, 0.25) is 5.95 Å². The summed E-state index contributed by atoms with van der Waals surface area (Å²) in [5.74, 6) is 1.07. The number of benzene rings is 1. The second-order valence-corrected chi connectivity index (χ2v) is 8.15. The van der Waals surface area contributed by atoms with Gasteiger partial charge in [0.1, 0.15) is 29.6 Å². The number of hydrogen-bond acceptors (Lipinski definition) is 10. The van der Waals surface area contributed by atoms with E-state index in [0.29, 0.717) is 54.3 Å². The minimum atomic E-state index is -0.107. The normalized spacial score (nSPS) is 17.8. The highest BCUT2D eigenvalue weighted by atomic mass is 35.5. The summed E-state index contributed by atoms with van der Waals surface area (Å²) in [4.78, 5) is 8.80. The summed E-state index contributed by atoms with van der Waals surface area (Å²) in [6.45, 7) is 2.39. The second kappa shape index (κ2) is 9.08. The zero-order valence-electron chi connectivity index (χ0n) is 17.5. The van der Waals surface area contributed by atoms with Gasteiger partial charge in [0.15, 0.2) is 17.2 Å². The molecule has 0 bridgehead atoms. The maximum atomic E-state index is 9.49. The second-order valence-electron chi connectivity index (χ2n) is 7.77. The minimum absolute atomic E-state index is 0.107. The van der Waals surface area contributed by atoms with Crippen molar-refractivity contribution in [2.75, 3.05) is 36.9 Å². The largest absolute Gasteiger partial charge is 0.489 e. The summed E-state index contributed by atoms with van der Waals surface area (Å²) in [5, 5.41) is 33.2. The van der Waals surface area contributed by atoms with Gasteiger partial charge < -0.3 is 25.4 Å². The van der Waals surface area contributed by atoms with E-state index in [-0.39, 0.29) is 22.8 Å². The van der Waals surface area contributed by atoms with Crippen molar-refractivity contribution in [2.45, 2.75) is 25.0 Å². The number of ether oxygens (including phenoxy) is 2. The summed E-state index contributed by atoms with van der Waals surface area (Å²) in [6, 6.07) is 7.68. The van der Waals surface area contributed by atoms with Crippen LogP contribution in [-0.4, -0.2) is 58.0 Å². The first-order valence-electron chi connectivity index (χ1n) is 10.5. The number of anilines is 3. The number of halogens is 1. The van der Waals surface area contributed by atoms with Gasteiger partial charge in [-0.1, -0.05) is 11.6 Å². The van der Waals surface area contributed by atoms with E-state index in [4.69, 9.17) is 21.1 Å². The van der Waals surface area contributed by atoms with Gasteiger partial charge in [0.05, 0.1) is 30.1 Å². The molecule has 2 aromatic heterocycles. The van der Waals surface area contributed by atoms with Crippen molar-refractivity contribution in [1.29, 1.82) is 10.5 Å². The number of nitrogens with zero attached hydrogens (tertiary/aromatic N) is 6. The lowest BCUT2D eigenvalue weighted by Gasteiger charge is -2.24. The Bertz CT molecular complexity index is 1270. The number of aromatic nitrogens is 4. The fourth-order valence-electron chi connectivity index (χ4n) is 3.42. The molecule has 5 rings (SSSR count). The fourth-order valence-corrected chi connectivity index (χ4v) is 3.63. The van der Waals surface area contributed by atoms with Crippen LogP contribution in [0.2, 0.25) is 5.02 Å². The minimum Gasteiger partial charge on any atom is -0.489 e. The molecule has 0 spiro atoms. The zero-order valence-corrected chi connectivity index (χ0v) is 18.3. The molecule has 1 atom stereocenters. The average molecular weight is 466 g/mol. The van der Waals surface area contributed by atoms with Crippen molar-refractivity contribution in [3.8, 4) is 17.9 Å². The molecule has 3 N–H and O–H groups in total. The number of nitrogens with one attached hydrogen (secondary N) is 3. The number of nitriles is 2. The molecule has 3 aromatic rings. The maximum Gasteiger partial charge on any atom is 0.247 e. The molecule has 1 unspecified atom stereocenters. The zero-order chi connectivity index (χ0) is 22.8. The van der Waals surface area contributed by atoms with Crippen LogP contribution in [0.25, 0.3) is 5.65 Å². The summed E-state index contributed by atoms with van der Waals surface area (Å²) >= 11 is 6.60. The average Bonchev–Trinajstić information content (AvgIpc) is 3.56. The molecule has 0 radical (unpaired) electrons. The van der Waals surface area contributed by atoms with Gasteiger partial charge in [-0.25, -0.2) is 4.98 Å². The predicted molar refractivity (Wildman–Crippen MR) is 120 cm³/mol. The summed E-state index contributed by atoms with van der Waals surface area (Å²) in [7, 11) is 0. The van der Waals surface area contributed by atoms with Crippen LogP contribution >= 0.6 is 11.6 Å². The molecule has 0 amide bonds. The predicted octanol–water partition coefficient (Wildman–Crippen LogP) is 2.21. The van der Waals surface area contributed by atoms with E-state index >= 15 is 0 Å². The lowest BCUT2D eigenvalue weighted by atomic mass is 10.2. The van der Waals surface area contributed by atoms with Crippen molar-refractivity contribution in [3.05, 3.63) is 34.6 Å². The van der Waals surface area contributed by atoms with Crippen LogP contribution in [0, 0.1) is 22.7 Å². The Balaban J connectivity index is 1.45. The third-order valence-electron chi connectivity index (χ3n) is 5.24. The van der Waals surface area contributed by atoms with Gasteiger partial charge in [-0.15, -0.1) is 5.10 Å². The monoisotopic (exact) mass is 465 g/mol. The Morgan fingerprint density at radius 2 is 2.18 bits per heavy atom. The molecule has 2 fully saturated rings. The Morgan fingerprint density at radius 1 is 1.30 bits per heavy atom. The Labute approximate surface area is 194 Å². The van der Waals surface area contributed by atoms with Crippen LogP contribution in [-0.2, 0) is 4.74 Å². The van der Waals surface area contributed by atoms with Gasteiger partial charge in [-0.05, 0) is 25.0 Å². The summed E-state index contributed by atoms with van der Waals surface area (Å²) < 4.78 is 13.0. The van der Waals surface area contributed by atoms with E-state index in [2.05, 4.69) is 43.2 Å². The number of hydrogen-bond donors (Lipinski definition) is 3. The number of fused-ring (bicyclic) bond motifs is 1. The molecular weight excluding hydrogens is 446 g/mol. The molecule has 1 saturated carbocycles. The summed E-state index contributed by atoms with van der Waals surface area (Å²) in [6.07, 6.45) is 3.43. The highest BCUT2D eigenvalue weighted by Crippen LogP contribution is 2.36. The standard InChI is InChI=1S/C21H20ClN9O2/c22-18-16(5-12(7-23)6-17(18)33-11-15-10-25-3-4-32-15)28-21-29-19(27-13-1-2-13)20-26-9-14(8-24)31(20)30-21/h5-6,9,13,15,25H,1-4,10-11H2,(H2,27,28,29,30). The fraction of sp³-hybridized carbons (Fsp3) is 0.381. The van der Waals surface area contributed by atoms with E-state index in [0.717, 1.165) is 19.4 Å². The Kier molecular flexibility index (Phi) is 5.84. The van der Waals surface area contributed by atoms with Crippen LogP contribution in [0.3, 0.4) is 0 Å². The molecule has 3 heterocycles. The summed E-state index contributed by atoms with van der Waals surface area (Å²) in [5.41, 5.74) is 1.50. The van der Waals surface area contributed by atoms with E-state index in [9.17, 15) is 10.5 Å². The van der Waals surface area contributed by atoms with Gasteiger partial charge in [-0.3, -0.25) is 0 Å². The van der Waals surface area contributed by atoms with Gasteiger partial charge in [0.25, 0.3) is 0 Å². The van der Waals surface area contributed by atoms with Crippen molar-refractivity contribution in [3.63, 3.8) is 0 Å². The number of imidazole rings is 1. The van der Waals surface area contributed by atoms with E-state index < -0.39 is 0 Å².